The standard InChI is InChI=1S/C15H17FN4O2/c1-3-4-9-7-12-10(8-11(9)16)14(18-19(12)2)20-6-5-13(21)17-15(20)22/h7-8H,3-6H2,1-2H3,(H,17,21,22). The number of amides is 3. The topological polar surface area (TPSA) is 67.2 Å². The Balaban J connectivity index is 2.09. The molecule has 0 saturated carbocycles. The van der Waals surface area contributed by atoms with Crippen molar-refractivity contribution < 1.29 is 14.0 Å². The van der Waals surface area contributed by atoms with Crippen molar-refractivity contribution in [3.05, 3.63) is 23.5 Å². The number of carbonyl (C=O) groups excluding carboxylic acids is 2. The predicted molar refractivity (Wildman–Crippen MR) is 80.2 cm³/mol. The van der Waals surface area contributed by atoms with Crippen LogP contribution in [0.4, 0.5) is 15.0 Å². The molecule has 1 aliphatic rings. The van der Waals surface area contributed by atoms with E-state index in [0.717, 1.165) is 11.9 Å². The quantitative estimate of drug-likeness (QED) is 0.944. The lowest BCUT2D eigenvalue weighted by Crippen LogP contribution is -2.49. The monoisotopic (exact) mass is 304 g/mol. The maximum Gasteiger partial charge on any atom is 0.329 e. The van der Waals surface area contributed by atoms with Crippen molar-refractivity contribution in [3.8, 4) is 0 Å². The van der Waals surface area contributed by atoms with Gasteiger partial charge in [0.1, 0.15) is 5.82 Å². The fraction of sp³-hybridized carbons (Fsp3) is 0.400. The van der Waals surface area contributed by atoms with E-state index in [4.69, 9.17) is 0 Å². The van der Waals surface area contributed by atoms with Crippen LogP contribution in [-0.4, -0.2) is 28.3 Å². The van der Waals surface area contributed by atoms with E-state index in [1.807, 2.05) is 6.92 Å². The molecule has 1 aliphatic heterocycles. The number of imide groups is 1. The smallest absolute Gasteiger partial charge is 0.278 e. The molecule has 1 aromatic carbocycles. The zero-order chi connectivity index (χ0) is 15.9. The first kappa shape index (κ1) is 14.5. The maximum atomic E-state index is 14.2. The van der Waals surface area contributed by atoms with Crippen molar-refractivity contribution in [3.63, 3.8) is 0 Å². The van der Waals surface area contributed by atoms with Gasteiger partial charge in [-0.1, -0.05) is 13.3 Å². The molecule has 3 amide bonds. The normalized spacial score (nSPS) is 15.5. The Morgan fingerprint density at radius 3 is 2.82 bits per heavy atom. The van der Waals surface area contributed by atoms with Gasteiger partial charge >= 0.3 is 6.03 Å². The van der Waals surface area contributed by atoms with E-state index >= 15 is 0 Å². The highest BCUT2D eigenvalue weighted by atomic mass is 19.1. The third-order valence-corrected chi connectivity index (χ3v) is 3.83. The molecule has 22 heavy (non-hydrogen) atoms. The second kappa shape index (κ2) is 5.40. The summed E-state index contributed by atoms with van der Waals surface area (Å²) in [6.45, 7) is 2.24. The van der Waals surface area contributed by atoms with E-state index in [1.165, 1.54) is 11.0 Å². The van der Waals surface area contributed by atoms with Crippen LogP contribution in [0.5, 0.6) is 0 Å². The zero-order valence-corrected chi connectivity index (χ0v) is 12.5. The van der Waals surface area contributed by atoms with E-state index in [-0.39, 0.29) is 24.7 Å². The lowest BCUT2D eigenvalue weighted by atomic mass is 10.1. The Kier molecular flexibility index (Phi) is 3.56. The largest absolute Gasteiger partial charge is 0.329 e. The molecular formula is C15H17FN4O2. The van der Waals surface area contributed by atoms with Crippen LogP contribution in [0, 0.1) is 5.82 Å². The van der Waals surface area contributed by atoms with E-state index < -0.39 is 6.03 Å². The van der Waals surface area contributed by atoms with Crippen LogP contribution in [0.25, 0.3) is 10.9 Å². The SMILES string of the molecule is CCCc1cc2c(cc1F)c(N1CCC(=O)NC1=O)nn2C. The van der Waals surface area contributed by atoms with Crippen LogP contribution in [0.15, 0.2) is 12.1 Å². The fourth-order valence-electron chi connectivity index (χ4n) is 2.73. The minimum Gasteiger partial charge on any atom is -0.278 e. The van der Waals surface area contributed by atoms with Crippen LogP contribution >= 0.6 is 0 Å². The Morgan fingerprint density at radius 2 is 2.14 bits per heavy atom. The van der Waals surface area contributed by atoms with Crippen molar-refractivity contribution in [1.29, 1.82) is 0 Å². The molecule has 1 saturated heterocycles. The van der Waals surface area contributed by atoms with Gasteiger partial charge in [0.15, 0.2) is 5.82 Å². The maximum absolute atomic E-state index is 14.2. The van der Waals surface area contributed by atoms with E-state index in [2.05, 4.69) is 10.4 Å². The predicted octanol–water partition coefficient (Wildman–Crippen LogP) is 2.11. The minimum absolute atomic E-state index is 0.209. The molecule has 3 rings (SSSR count). The third kappa shape index (κ3) is 2.32. The van der Waals surface area contributed by atoms with Gasteiger partial charge in [-0.25, -0.2) is 9.18 Å². The van der Waals surface area contributed by atoms with Crippen LogP contribution in [0.1, 0.15) is 25.3 Å². The minimum atomic E-state index is -0.519. The first-order valence-electron chi connectivity index (χ1n) is 7.27. The molecule has 1 fully saturated rings. The Morgan fingerprint density at radius 1 is 1.36 bits per heavy atom. The van der Waals surface area contributed by atoms with Gasteiger partial charge in [0, 0.05) is 25.4 Å². The van der Waals surface area contributed by atoms with E-state index in [9.17, 15) is 14.0 Å². The Hall–Kier alpha value is -2.44. The molecule has 0 spiro atoms. The summed E-state index contributed by atoms with van der Waals surface area (Å²) in [5.41, 5.74) is 1.41. The molecule has 6 nitrogen and oxygen atoms in total. The molecule has 7 heteroatoms. The van der Waals surface area contributed by atoms with Gasteiger partial charge in [0.25, 0.3) is 0 Å². The van der Waals surface area contributed by atoms with Crippen LogP contribution in [0.2, 0.25) is 0 Å². The molecule has 0 atom stereocenters. The lowest BCUT2D eigenvalue weighted by molar-refractivity contribution is -0.120. The second-order valence-corrected chi connectivity index (χ2v) is 5.41. The summed E-state index contributed by atoms with van der Waals surface area (Å²) in [6, 6.07) is 2.68. The summed E-state index contributed by atoms with van der Waals surface area (Å²) in [4.78, 5) is 24.6. The van der Waals surface area contributed by atoms with Crippen LogP contribution in [0.3, 0.4) is 0 Å². The van der Waals surface area contributed by atoms with Crippen LogP contribution in [-0.2, 0) is 18.3 Å². The number of aromatic nitrogens is 2. The number of benzene rings is 1. The number of hydrogen-bond donors (Lipinski definition) is 1. The van der Waals surface area contributed by atoms with Gasteiger partial charge in [-0.05, 0) is 24.1 Å². The lowest BCUT2D eigenvalue weighted by Gasteiger charge is -2.24. The first-order valence-corrected chi connectivity index (χ1v) is 7.27. The van der Waals surface area contributed by atoms with Gasteiger partial charge < -0.3 is 0 Å². The number of halogens is 1. The summed E-state index contributed by atoms with van der Waals surface area (Å²) >= 11 is 0. The van der Waals surface area contributed by atoms with E-state index in [0.29, 0.717) is 23.2 Å². The number of hydrogen-bond acceptors (Lipinski definition) is 3. The second-order valence-electron chi connectivity index (χ2n) is 5.41. The highest BCUT2D eigenvalue weighted by Gasteiger charge is 2.28. The van der Waals surface area contributed by atoms with Crippen molar-refractivity contribution in [2.75, 3.05) is 11.4 Å². The molecule has 1 aromatic heterocycles. The van der Waals surface area contributed by atoms with Crippen molar-refractivity contribution in [1.82, 2.24) is 15.1 Å². The Bertz CT molecular complexity index is 768. The summed E-state index contributed by atoms with van der Waals surface area (Å²) in [5.74, 6) is -0.223. The van der Waals surface area contributed by atoms with Gasteiger partial charge in [-0.15, -0.1) is 0 Å². The number of fused-ring (bicyclic) bond motifs is 1. The Labute approximate surface area is 126 Å². The average Bonchev–Trinajstić information content (AvgIpc) is 2.76. The first-order chi connectivity index (χ1) is 10.5. The fourth-order valence-corrected chi connectivity index (χ4v) is 2.73. The van der Waals surface area contributed by atoms with Gasteiger partial charge in [-0.2, -0.15) is 5.10 Å². The number of carbonyl (C=O) groups is 2. The molecule has 1 N–H and O–H groups in total. The van der Waals surface area contributed by atoms with Gasteiger partial charge in [-0.3, -0.25) is 19.7 Å². The summed E-state index contributed by atoms with van der Waals surface area (Å²) in [5, 5.41) is 7.16. The summed E-state index contributed by atoms with van der Waals surface area (Å²) in [6.07, 6.45) is 1.71. The highest BCUT2D eigenvalue weighted by molar-refractivity contribution is 6.08. The molecule has 0 bridgehead atoms. The molecule has 0 radical (unpaired) electrons. The molecule has 2 aromatic rings. The summed E-state index contributed by atoms with van der Waals surface area (Å²) in [7, 11) is 1.76. The van der Waals surface area contributed by atoms with E-state index in [1.54, 1.807) is 17.8 Å². The molecule has 0 aliphatic carbocycles. The molecule has 116 valence electrons. The summed E-state index contributed by atoms with van der Waals surface area (Å²) < 4.78 is 15.8. The number of urea groups is 1. The van der Waals surface area contributed by atoms with Gasteiger partial charge in [0.05, 0.1) is 5.52 Å². The van der Waals surface area contributed by atoms with Crippen LogP contribution < -0.4 is 10.2 Å². The van der Waals surface area contributed by atoms with Crippen molar-refractivity contribution in [2.24, 2.45) is 7.05 Å². The zero-order valence-electron chi connectivity index (χ0n) is 12.5. The molecular weight excluding hydrogens is 287 g/mol. The van der Waals surface area contributed by atoms with Crippen molar-refractivity contribution >= 4 is 28.7 Å². The molecule has 2 heterocycles. The highest BCUT2D eigenvalue weighted by Crippen LogP contribution is 2.29. The number of rotatable bonds is 3. The number of nitrogens with one attached hydrogen (secondary N) is 1. The molecule has 0 unspecified atom stereocenters. The third-order valence-electron chi connectivity index (χ3n) is 3.83. The number of aryl methyl sites for hydroxylation is 2. The van der Waals surface area contributed by atoms with Gasteiger partial charge in [0.2, 0.25) is 5.91 Å². The number of anilines is 1. The average molecular weight is 304 g/mol. The number of nitrogens with zero attached hydrogens (tertiary/aromatic N) is 3. The van der Waals surface area contributed by atoms with Crippen molar-refractivity contribution in [2.45, 2.75) is 26.2 Å².